The molecule has 0 aromatic heterocycles. The Morgan fingerprint density at radius 2 is 0.828 bits per heavy atom. The van der Waals surface area contributed by atoms with E-state index in [4.69, 9.17) is 14.2 Å². The third-order valence-corrected chi connectivity index (χ3v) is 10.3. The predicted molar refractivity (Wildman–Crippen MR) is 119 cm³/mol. The van der Waals surface area contributed by atoms with Crippen molar-refractivity contribution >= 4 is 39.1 Å². The van der Waals surface area contributed by atoms with Gasteiger partial charge in [-0.05, 0) is 72.8 Å². The van der Waals surface area contributed by atoms with E-state index in [1.165, 1.54) is 0 Å². The van der Waals surface area contributed by atoms with Gasteiger partial charge >= 0.3 is 4.57 Å². The van der Waals surface area contributed by atoms with Gasteiger partial charge in [0.2, 0.25) is 0 Å². The largest absolute Gasteiger partial charge is 0.497 e. The number of hydrogen-bond donors (Lipinski definition) is 0. The lowest BCUT2D eigenvalue weighted by Crippen LogP contribution is -2.39. The van der Waals surface area contributed by atoms with Gasteiger partial charge in [0.05, 0.1) is 21.3 Å². The maximum absolute atomic E-state index is 15.5. The summed E-state index contributed by atoms with van der Waals surface area (Å²) in [6.45, 7) is 0. The number of ether oxygens (including phenoxy) is 3. The SMILES string of the molecule is COc1ccc([P+](c2ccc(OC)cc2)(c2ccc(OC)cc2)C(F)(F)Br)cc1. The van der Waals surface area contributed by atoms with Gasteiger partial charge in [-0.2, -0.15) is 8.78 Å². The Bertz CT molecular complexity index is 824. The highest BCUT2D eigenvalue weighted by atomic mass is 79.9. The second kappa shape index (κ2) is 8.68. The molecule has 0 bridgehead atoms. The molecular formula is C22H21BrF2O3P+. The van der Waals surface area contributed by atoms with E-state index in [0.29, 0.717) is 33.2 Å². The molecule has 0 saturated heterocycles. The Kier molecular flexibility index (Phi) is 6.45. The van der Waals surface area contributed by atoms with Crippen LogP contribution >= 0.6 is 23.2 Å². The van der Waals surface area contributed by atoms with Crippen molar-refractivity contribution in [3.05, 3.63) is 72.8 Å². The molecule has 0 spiro atoms. The van der Waals surface area contributed by atoms with Crippen LogP contribution in [0, 0.1) is 0 Å². The van der Waals surface area contributed by atoms with Crippen LogP contribution < -0.4 is 30.1 Å². The Hall–Kier alpha value is -2.17. The number of benzene rings is 3. The molecule has 0 aliphatic heterocycles. The summed E-state index contributed by atoms with van der Waals surface area (Å²) in [4.78, 5) is 0. The fourth-order valence-electron chi connectivity index (χ4n) is 3.30. The Morgan fingerprint density at radius 1 is 0.586 bits per heavy atom. The van der Waals surface area contributed by atoms with Gasteiger partial charge in [0, 0.05) is 15.9 Å². The van der Waals surface area contributed by atoms with Gasteiger partial charge in [0.1, 0.15) is 33.2 Å². The molecule has 0 N–H and O–H groups in total. The number of hydrogen-bond acceptors (Lipinski definition) is 3. The third-order valence-electron chi connectivity index (χ3n) is 4.76. The van der Waals surface area contributed by atoms with E-state index in [2.05, 4.69) is 15.9 Å². The maximum Gasteiger partial charge on any atom is 0.422 e. The van der Waals surface area contributed by atoms with E-state index in [9.17, 15) is 0 Å². The lowest BCUT2D eigenvalue weighted by Gasteiger charge is -2.30. The smallest absolute Gasteiger partial charge is 0.422 e. The average molecular weight is 482 g/mol. The molecule has 0 radical (unpaired) electrons. The summed E-state index contributed by atoms with van der Waals surface area (Å²) >= 11 is 2.74. The summed E-state index contributed by atoms with van der Waals surface area (Å²) in [5.74, 6) is 1.82. The minimum absolute atomic E-state index is 0.524. The van der Waals surface area contributed by atoms with Gasteiger partial charge in [-0.25, -0.2) is 0 Å². The highest BCUT2D eigenvalue weighted by molar-refractivity contribution is 9.11. The van der Waals surface area contributed by atoms with Crippen LogP contribution in [0.3, 0.4) is 0 Å². The first kappa shape index (κ1) is 21.5. The summed E-state index contributed by atoms with van der Waals surface area (Å²) in [5.41, 5.74) is 0. The van der Waals surface area contributed by atoms with E-state index in [0.717, 1.165) is 0 Å². The van der Waals surface area contributed by atoms with Crippen LogP contribution in [0.15, 0.2) is 72.8 Å². The molecule has 152 valence electrons. The summed E-state index contributed by atoms with van der Waals surface area (Å²) in [6, 6.07) is 20.5. The zero-order valence-corrected chi connectivity index (χ0v) is 18.7. The molecule has 0 heterocycles. The van der Waals surface area contributed by atoms with Crippen molar-refractivity contribution in [1.29, 1.82) is 0 Å². The van der Waals surface area contributed by atoms with Crippen LogP contribution in [0.5, 0.6) is 17.2 Å². The Labute approximate surface area is 178 Å². The van der Waals surface area contributed by atoms with Crippen LogP contribution in [0.25, 0.3) is 0 Å². The lowest BCUT2D eigenvalue weighted by molar-refractivity contribution is 0.213. The Balaban J connectivity index is 2.33. The van der Waals surface area contributed by atoms with Gasteiger partial charge in [0.25, 0.3) is 0 Å². The van der Waals surface area contributed by atoms with Crippen molar-refractivity contribution in [2.45, 2.75) is 4.57 Å². The van der Waals surface area contributed by atoms with Gasteiger partial charge in [-0.3, -0.25) is 0 Å². The summed E-state index contributed by atoms with van der Waals surface area (Å²) in [7, 11) is 1.22. The van der Waals surface area contributed by atoms with Gasteiger partial charge in [-0.15, -0.1) is 0 Å². The molecule has 3 nitrogen and oxygen atoms in total. The molecule has 3 aromatic rings. The lowest BCUT2D eigenvalue weighted by atomic mass is 10.3. The van der Waals surface area contributed by atoms with Crippen molar-refractivity contribution in [2.24, 2.45) is 0 Å². The van der Waals surface area contributed by atoms with Crippen molar-refractivity contribution in [3.8, 4) is 17.2 Å². The highest BCUT2D eigenvalue weighted by Crippen LogP contribution is 2.70. The van der Waals surface area contributed by atoms with Crippen molar-refractivity contribution in [2.75, 3.05) is 21.3 Å². The first-order valence-electron chi connectivity index (χ1n) is 8.76. The Morgan fingerprint density at radius 3 is 1.00 bits per heavy atom. The van der Waals surface area contributed by atoms with Gasteiger partial charge < -0.3 is 14.2 Å². The number of alkyl halides is 3. The van der Waals surface area contributed by atoms with E-state index in [-0.39, 0.29) is 0 Å². The fourth-order valence-corrected chi connectivity index (χ4v) is 8.71. The normalized spacial score (nSPS) is 11.8. The first-order valence-corrected chi connectivity index (χ1v) is 11.3. The summed E-state index contributed by atoms with van der Waals surface area (Å²) in [6.07, 6.45) is 0. The van der Waals surface area contributed by atoms with E-state index >= 15 is 8.78 Å². The first-order chi connectivity index (χ1) is 13.9. The third kappa shape index (κ3) is 3.96. The van der Waals surface area contributed by atoms with Crippen molar-refractivity contribution < 1.29 is 23.0 Å². The molecule has 29 heavy (non-hydrogen) atoms. The molecular weight excluding hydrogens is 461 g/mol. The minimum atomic E-state index is -3.41. The van der Waals surface area contributed by atoms with Crippen LogP contribution in [0.1, 0.15) is 0 Å². The summed E-state index contributed by atoms with van der Waals surface area (Å²) < 4.78 is 43.5. The van der Waals surface area contributed by atoms with E-state index < -0.39 is 11.8 Å². The molecule has 3 aromatic carbocycles. The molecule has 0 aliphatic rings. The molecule has 0 unspecified atom stereocenters. The zero-order valence-electron chi connectivity index (χ0n) is 16.2. The monoisotopic (exact) mass is 481 g/mol. The van der Waals surface area contributed by atoms with E-state index in [1.807, 2.05) is 0 Å². The molecule has 0 saturated carbocycles. The van der Waals surface area contributed by atoms with E-state index in [1.54, 1.807) is 94.1 Å². The molecule has 0 atom stereocenters. The number of halogens is 3. The van der Waals surface area contributed by atoms with Crippen molar-refractivity contribution in [1.82, 2.24) is 0 Å². The van der Waals surface area contributed by atoms with Crippen LogP contribution in [0.2, 0.25) is 0 Å². The number of rotatable bonds is 7. The van der Waals surface area contributed by atoms with Crippen LogP contribution in [0.4, 0.5) is 8.78 Å². The van der Waals surface area contributed by atoms with Gasteiger partial charge in [0.15, 0.2) is 7.26 Å². The fraction of sp³-hybridized carbons (Fsp3) is 0.182. The number of methoxy groups -OCH3 is 3. The maximum atomic E-state index is 15.5. The van der Waals surface area contributed by atoms with Gasteiger partial charge in [-0.1, -0.05) is 0 Å². The quantitative estimate of drug-likeness (QED) is 0.353. The molecule has 3 rings (SSSR count). The molecule has 7 heteroatoms. The van der Waals surface area contributed by atoms with Crippen molar-refractivity contribution in [3.63, 3.8) is 0 Å². The topological polar surface area (TPSA) is 27.7 Å². The van der Waals surface area contributed by atoms with Crippen LogP contribution in [-0.2, 0) is 0 Å². The molecule has 0 fully saturated rings. The molecule has 0 amide bonds. The molecule has 0 aliphatic carbocycles. The minimum Gasteiger partial charge on any atom is -0.497 e. The second-order valence-electron chi connectivity index (χ2n) is 6.23. The highest BCUT2D eigenvalue weighted by Gasteiger charge is 2.64. The van der Waals surface area contributed by atoms with Crippen LogP contribution in [-0.4, -0.2) is 25.9 Å². The zero-order chi connectivity index (χ0) is 21.1. The standard InChI is InChI=1S/C22H21BrF2O3P/c1-26-16-4-10-19(11-5-16)29(22(23,24)25,20-12-6-17(27-2)7-13-20)21-14-8-18(28-3)9-15-21/h4-15H,1-3H3/q+1. The summed E-state index contributed by atoms with van der Waals surface area (Å²) in [5, 5.41) is 1.57. The predicted octanol–water partition coefficient (Wildman–Crippen LogP) is 4.95. The second-order valence-corrected chi connectivity index (χ2v) is 11.3. The average Bonchev–Trinajstić information content (AvgIpc) is 2.74.